The Morgan fingerprint density at radius 2 is 1.96 bits per heavy atom. The van der Waals surface area contributed by atoms with Crippen molar-refractivity contribution in [1.29, 1.82) is 0 Å². The minimum absolute atomic E-state index is 0.337. The molecule has 0 fully saturated rings. The average molecular weight is 384 g/mol. The lowest BCUT2D eigenvalue weighted by atomic mass is 10.2. The third kappa shape index (κ3) is 3.86. The van der Waals surface area contributed by atoms with Gasteiger partial charge in [0, 0.05) is 31.1 Å². The number of pyridine rings is 1. The SMILES string of the molecule is O=S(=O)(NCCCc1nnc2ccccn12)C1=Cc2ccccc2OCC1. The van der Waals surface area contributed by atoms with Crippen molar-refractivity contribution >= 4 is 21.7 Å². The second-order valence-electron chi connectivity index (χ2n) is 6.29. The fourth-order valence-corrected chi connectivity index (χ4v) is 4.29. The Balaban J connectivity index is 1.40. The standard InChI is InChI=1S/C19H20N4O3S/c24-27(25,16-10-13-26-17-7-2-1-6-15(17)14-16)20-11-5-9-19-22-21-18-8-3-4-12-23(18)19/h1-4,6-8,12,14,20H,5,9-11,13H2. The second kappa shape index (κ2) is 7.50. The summed E-state index contributed by atoms with van der Waals surface area (Å²) in [6, 6.07) is 13.1. The van der Waals surface area contributed by atoms with Gasteiger partial charge in [0.1, 0.15) is 11.6 Å². The van der Waals surface area contributed by atoms with E-state index < -0.39 is 10.0 Å². The molecule has 4 rings (SSSR count). The minimum atomic E-state index is -3.54. The van der Waals surface area contributed by atoms with Crippen LogP contribution in [0.1, 0.15) is 24.2 Å². The van der Waals surface area contributed by atoms with Crippen LogP contribution in [0.5, 0.6) is 5.75 Å². The van der Waals surface area contributed by atoms with E-state index in [1.165, 1.54) is 0 Å². The Bertz CT molecular complexity index is 1090. The van der Waals surface area contributed by atoms with Crippen LogP contribution >= 0.6 is 0 Å². The fourth-order valence-electron chi connectivity index (χ4n) is 3.06. The third-order valence-corrected chi connectivity index (χ3v) is 6.04. The van der Waals surface area contributed by atoms with Gasteiger partial charge >= 0.3 is 0 Å². The smallest absolute Gasteiger partial charge is 0.236 e. The van der Waals surface area contributed by atoms with Crippen LogP contribution in [-0.2, 0) is 16.4 Å². The number of nitrogens with zero attached hydrogens (tertiary/aromatic N) is 3. The molecule has 7 nitrogen and oxygen atoms in total. The second-order valence-corrected chi connectivity index (χ2v) is 8.11. The summed E-state index contributed by atoms with van der Waals surface area (Å²) in [5.74, 6) is 1.53. The van der Waals surface area contributed by atoms with Crippen LogP contribution in [0.25, 0.3) is 11.7 Å². The Morgan fingerprint density at radius 1 is 1.11 bits per heavy atom. The number of rotatable bonds is 6. The van der Waals surface area contributed by atoms with Crippen LogP contribution in [0, 0.1) is 0 Å². The number of benzene rings is 1. The van der Waals surface area contributed by atoms with Crippen molar-refractivity contribution in [2.24, 2.45) is 0 Å². The zero-order valence-electron chi connectivity index (χ0n) is 14.7. The first kappa shape index (κ1) is 17.7. The topological polar surface area (TPSA) is 85.6 Å². The number of aryl methyl sites for hydroxylation is 1. The molecule has 0 amide bonds. The largest absolute Gasteiger partial charge is 0.493 e. The zero-order valence-corrected chi connectivity index (χ0v) is 15.5. The molecule has 3 heterocycles. The number of fused-ring (bicyclic) bond motifs is 2. The van der Waals surface area contributed by atoms with Gasteiger partial charge < -0.3 is 4.74 Å². The molecule has 1 aliphatic rings. The molecule has 140 valence electrons. The van der Waals surface area contributed by atoms with Crippen LogP contribution in [0.3, 0.4) is 0 Å². The van der Waals surface area contributed by atoms with Gasteiger partial charge in [-0.25, -0.2) is 13.1 Å². The van der Waals surface area contributed by atoms with Crippen molar-refractivity contribution in [2.75, 3.05) is 13.2 Å². The van der Waals surface area contributed by atoms with Crippen molar-refractivity contribution < 1.29 is 13.2 Å². The van der Waals surface area contributed by atoms with Crippen molar-refractivity contribution in [2.45, 2.75) is 19.3 Å². The number of para-hydroxylation sites is 1. The van der Waals surface area contributed by atoms with Gasteiger partial charge in [0.05, 0.1) is 11.5 Å². The highest BCUT2D eigenvalue weighted by molar-refractivity contribution is 7.93. The Morgan fingerprint density at radius 3 is 2.89 bits per heavy atom. The van der Waals surface area contributed by atoms with E-state index in [0.29, 0.717) is 43.1 Å². The summed E-state index contributed by atoms with van der Waals surface area (Å²) < 4.78 is 35.5. The van der Waals surface area contributed by atoms with Gasteiger partial charge in [0.15, 0.2) is 5.65 Å². The van der Waals surface area contributed by atoms with Gasteiger partial charge in [-0.1, -0.05) is 24.3 Å². The van der Waals surface area contributed by atoms with Crippen LogP contribution in [0.15, 0.2) is 53.6 Å². The van der Waals surface area contributed by atoms with Crippen molar-refractivity contribution in [3.8, 4) is 5.75 Å². The first-order chi connectivity index (χ1) is 13.1. The molecular formula is C19H20N4O3S. The number of nitrogens with one attached hydrogen (secondary N) is 1. The molecule has 0 aliphatic carbocycles. The summed E-state index contributed by atoms with van der Waals surface area (Å²) in [5, 5.41) is 8.27. The van der Waals surface area contributed by atoms with Crippen LogP contribution < -0.4 is 9.46 Å². The maximum Gasteiger partial charge on any atom is 0.236 e. The summed E-state index contributed by atoms with van der Waals surface area (Å²) >= 11 is 0. The third-order valence-electron chi connectivity index (χ3n) is 4.44. The quantitative estimate of drug-likeness (QED) is 0.660. The van der Waals surface area contributed by atoms with Gasteiger partial charge in [0.25, 0.3) is 0 Å². The maximum absolute atomic E-state index is 12.7. The molecule has 2 aromatic heterocycles. The number of sulfonamides is 1. The van der Waals surface area contributed by atoms with Crippen molar-refractivity contribution in [1.82, 2.24) is 19.3 Å². The number of hydrogen-bond acceptors (Lipinski definition) is 5. The number of aromatic nitrogens is 3. The first-order valence-electron chi connectivity index (χ1n) is 8.84. The highest BCUT2D eigenvalue weighted by Crippen LogP contribution is 2.27. The van der Waals surface area contributed by atoms with Gasteiger partial charge in [-0.2, -0.15) is 0 Å². The van der Waals surface area contributed by atoms with E-state index in [1.807, 2.05) is 53.1 Å². The van der Waals surface area contributed by atoms with E-state index in [9.17, 15) is 8.42 Å². The van der Waals surface area contributed by atoms with Gasteiger partial charge in [-0.3, -0.25) is 4.40 Å². The molecule has 1 N–H and O–H groups in total. The summed E-state index contributed by atoms with van der Waals surface area (Å²) in [4.78, 5) is 0.348. The van der Waals surface area contributed by atoms with E-state index in [-0.39, 0.29) is 0 Å². The Hall–Kier alpha value is -2.71. The van der Waals surface area contributed by atoms with E-state index in [1.54, 1.807) is 6.08 Å². The lowest BCUT2D eigenvalue weighted by Gasteiger charge is -2.09. The van der Waals surface area contributed by atoms with Gasteiger partial charge in [-0.05, 0) is 30.7 Å². The van der Waals surface area contributed by atoms with E-state index in [0.717, 1.165) is 17.0 Å². The Kier molecular flexibility index (Phi) is 4.91. The summed E-state index contributed by atoms with van der Waals surface area (Å²) in [5.41, 5.74) is 1.57. The van der Waals surface area contributed by atoms with E-state index >= 15 is 0 Å². The zero-order chi connectivity index (χ0) is 18.7. The molecule has 0 spiro atoms. The predicted octanol–water partition coefficient (Wildman–Crippen LogP) is 2.40. The van der Waals surface area contributed by atoms with Crippen molar-refractivity contribution in [3.05, 3.63) is 65.0 Å². The highest BCUT2D eigenvalue weighted by Gasteiger charge is 2.20. The lowest BCUT2D eigenvalue weighted by molar-refractivity contribution is 0.325. The van der Waals surface area contributed by atoms with Crippen LogP contribution in [-0.4, -0.2) is 36.2 Å². The molecule has 1 aromatic carbocycles. The maximum atomic E-state index is 12.7. The van der Waals surface area contributed by atoms with Crippen LogP contribution in [0.4, 0.5) is 0 Å². The summed E-state index contributed by atoms with van der Waals surface area (Å²) in [6.07, 6.45) is 5.21. The molecule has 8 heteroatoms. The van der Waals surface area contributed by atoms with E-state index in [2.05, 4.69) is 14.9 Å². The molecular weight excluding hydrogens is 364 g/mol. The average Bonchev–Trinajstić information content (AvgIpc) is 2.95. The molecule has 3 aromatic rings. The molecule has 0 unspecified atom stereocenters. The number of ether oxygens (including phenoxy) is 1. The molecule has 0 bridgehead atoms. The summed E-state index contributed by atoms with van der Waals surface area (Å²) in [7, 11) is -3.54. The monoisotopic (exact) mass is 384 g/mol. The predicted molar refractivity (Wildman–Crippen MR) is 103 cm³/mol. The van der Waals surface area contributed by atoms with E-state index in [4.69, 9.17) is 4.74 Å². The highest BCUT2D eigenvalue weighted by atomic mass is 32.2. The van der Waals surface area contributed by atoms with Crippen molar-refractivity contribution in [3.63, 3.8) is 0 Å². The molecule has 27 heavy (non-hydrogen) atoms. The minimum Gasteiger partial charge on any atom is -0.493 e. The van der Waals surface area contributed by atoms with Gasteiger partial charge in [0.2, 0.25) is 10.0 Å². The fraction of sp³-hybridized carbons (Fsp3) is 0.263. The molecule has 0 atom stereocenters. The first-order valence-corrected chi connectivity index (χ1v) is 10.3. The van der Waals surface area contributed by atoms with Gasteiger partial charge in [-0.15, -0.1) is 10.2 Å². The molecule has 1 aliphatic heterocycles. The number of hydrogen-bond donors (Lipinski definition) is 1. The molecule has 0 saturated heterocycles. The lowest BCUT2D eigenvalue weighted by Crippen LogP contribution is -2.27. The van der Waals surface area contributed by atoms with Crippen LogP contribution in [0.2, 0.25) is 0 Å². The summed E-state index contributed by atoms with van der Waals surface area (Å²) in [6.45, 7) is 0.680. The molecule has 0 radical (unpaired) electrons. The normalized spacial score (nSPS) is 14.3. The molecule has 0 saturated carbocycles. The Labute approximate surface area is 157 Å².